The molecule has 1 N–H and O–H groups in total. The van der Waals surface area contributed by atoms with Gasteiger partial charge < -0.3 is 10.1 Å². The second-order valence-corrected chi connectivity index (χ2v) is 9.40. The monoisotopic (exact) mass is 382 g/mol. The highest BCUT2D eigenvalue weighted by Crippen LogP contribution is 2.27. The molecule has 2 rings (SSSR count). The van der Waals surface area contributed by atoms with Crippen LogP contribution in [0.4, 0.5) is 0 Å². The van der Waals surface area contributed by atoms with E-state index in [1.165, 1.54) is 23.5 Å². The maximum atomic E-state index is 12.8. The van der Waals surface area contributed by atoms with E-state index in [4.69, 9.17) is 4.74 Å². The van der Waals surface area contributed by atoms with Gasteiger partial charge in [0.15, 0.2) is 0 Å². The zero-order valence-corrected chi connectivity index (χ0v) is 17.1. The fourth-order valence-electron chi connectivity index (χ4n) is 3.43. The van der Waals surface area contributed by atoms with Gasteiger partial charge in [-0.1, -0.05) is 27.7 Å². The van der Waals surface area contributed by atoms with Crippen LogP contribution in [0.3, 0.4) is 0 Å². The van der Waals surface area contributed by atoms with Gasteiger partial charge in [-0.15, -0.1) is 0 Å². The topological polar surface area (TPSA) is 75.7 Å². The number of methoxy groups -OCH3 is 1. The van der Waals surface area contributed by atoms with Gasteiger partial charge in [-0.2, -0.15) is 4.31 Å². The zero-order valence-electron chi connectivity index (χ0n) is 16.3. The highest BCUT2D eigenvalue weighted by Gasteiger charge is 2.29. The molecule has 1 aromatic rings. The Morgan fingerprint density at radius 3 is 2.19 bits per heavy atom. The molecule has 7 heteroatoms. The number of nitrogens with one attached hydrogen (secondary N) is 1. The van der Waals surface area contributed by atoms with Gasteiger partial charge in [0, 0.05) is 19.1 Å². The lowest BCUT2D eigenvalue weighted by atomic mass is 9.93. The Balaban J connectivity index is 2.36. The molecular weight excluding hydrogens is 352 g/mol. The Kier molecular flexibility index (Phi) is 6.69. The average molecular weight is 383 g/mol. The summed E-state index contributed by atoms with van der Waals surface area (Å²) in [5.41, 5.74) is 0.249. The van der Waals surface area contributed by atoms with Gasteiger partial charge in [-0.3, -0.25) is 4.79 Å². The zero-order chi connectivity index (χ0) is 19.5. The maximum Gasteiger partial charge on any atom is 0.255 e. The minimum absolute atomic E-state index is 0.00829. The van der Waals surface area contributed by atoms with Gasteiger partial charge >= 0.3 is 0 Å². The number of hydrogen-bond acceptors (Lipinski definition) is 4. The maximum absolute atomic E-state index is 12.8. The number of sulfonamides is 1. The molecule has 0 spiro atoms. The summed E-state index contributed by atoms with van der Waals surface area (Å²) in [6, 6.07) is 4.48. The van der Waals surface area contributed by atoms with Crippen LogP contribution in [-0.2, 0) is 10.0 Å². The van der Waals surface area contributed by atoms with E-state index >= 15 is 0 Å². The van der Waals surface area contributed by atoms with Gasteiger partial charge in [-0.05, 0) is 42.9 Å². The van der Waals surface area contributed by atoms with E-state index < -0.39 is 10.0 Å². The molecule has 1 aromatic carbocycles. The number of rotatable bonds is 7. The van der Waals surface area contributed by atoms with Crippen molar-refractivity contribution in [2.24, 2.45) is 11.8 Å². The molecule has 1 aliphatic heterocycles. The van der Waals surface area contributed by atoms with Crippen LogP contribution in [-0.4, -0.2) is 44.9 Å². The first-order valence-corrected chi connectivity index (χ1v) is 10.6. The third-order valence-corrected chi connectivity index (χ3v) is 6.75. The molecule has 0 saturated carbocycles. The third kappa shape index (κ3) is 4.38. The smallest absolute Gasteiger partial charge is 0.255 e. The summed E-state index contributed by atoms with van der Waals surface area (Å²) in [4.78, 5) is 13.0. The van der Waals surface area contributed by atoms with Gasteiger partial charge in [0.25, 0.3) is 5.91 Å². The predicted molar refractivity (Wildman–Crippen MR) is 102 cm³/mol. The first-order chi connectivity index (χ1) is 12.2. The van der Waals surface area contributed by atoms with E-state index in [2.05, 4.69) is 33.0 Å². The lowest BCUT2D eigenvalue weighted by Crippen LogP contribution is -2.42. The predicted octanol–water partition coefficient (Wildman–Crippen LogP) is 2.89. The van der Waals surface area contributed by atoms with E-state index in [1.807, 2.05) is 0 Å². The number of amides is 1. The fraction of sp³-hybridized carbons (Fsp3) is 0.632. The van der Waals surface area contributed by atoms with Crippen molar-refractivity contribution in [2.45, 2.75) is 51.5 Å². The summed E-state index contributed by atoms with van der Waals surface area (Å²) in [7, 11) is -2.11. The molecule has 1 saturated heterocycles. The molecule has 0 radical (unpaired) electrons. The summed E-state index contributed by atoms with van der Waals surface area (Å²) in [6.07, 6.45) is 1.74. The molecule has 0 aliphatic carbocycles. The molecule has 1 fully saturated rings. The molecule has 0 aromatic heterocycles. The van der Waals surface area contributed by atoms with E-state index in [0.29, 0.717) is 18.8 Å². The highest BCUT2D eigenvalue weighted by atomic mass is 32.2. The van der Waals surface area contributed by atoms with Gasteiger partial charge in [0.2, 0.25) is 10.0 Å². The molecule has 1 amide bonds. The highest BCUT2D eigenvalue weighted by molar-refractivity contribution is 7.89. The SMILES string of the molecule is COc1ccc(S(=O)(=O)N2CCCC2)cc1C(=O)NC(C(C)C)C(C)C. The number of carbonyl (C=O) groups excluding carboxylic acids is 1. The minimum atomic E-state index is -3.58. The van der Waals surface area contributed by atoms with E-state index in [1.54, 1.807) is 6.07 Å². The van der Waals surface area contributed by atoms with Gasteiger partial charge in [0.05, 0.1) is 17.6 Å². The number of ether oxygens (including phenoxy) is 1. The van der Waals surface area contributed by atoms with Crippen LogP contribution in [0.15, 0.2) is 23.1 Å². The molecular formula is C19H30N2O4S. The largest absolute Gasteiger partial charge is 0.496 e. The van der Waals surface area contributed by atoms with E-state index in [9.17, 15) is 13.2 Å². The number of nitrogens with zero attached hydrogens (tertiary/aromatic N) is 1. The normalized spacial score (nSPS) is 15.8. The second-order valence-electron chi connectivity index (χ2n) is 7.46. The summed E-state index contributed by atoms with van der Waals surface area (Å²) in [5.74, 6) is 0.588. The Hall–Kier alpha value is -1.60. The first kappa shape index (κ1) is 20.7. The van der Waals surface area contributed by atoms with Crippen molar-refractivity contribution in [2.75, 3.05) is 20.2 Å². The van der Waals surface area contributed by atoms with E-state index in [-0.39, 0.29) is 34.2 Å². The summed E-state index contributed by atoms with van der Waals surface area (Å²) in [6.45, 7) is 9.26. The molecule has 146 valence electrons. The molecule has 0 atom stereocenters. The Morgan fingerprint density at radius 1 is 1.12 bits per heavy atom. The minimum Gasteiger partial charge on any atom is -0.496 e. The summed E-state index contributed by atoms with van der Waals surface area (Å²) < 4.78 is 32.4. The van der Waals surface area contributed by atoms with Crippen LogP contribution in [0.5, 0.6) is 5.75 Å². The quantitative estimate of drug-likeness (QED) is 0.787. The lowest BCUT2D eigenvalue weighted by Gasteiger charge is -2.26. The van der Waals surface area contributed by atoms with E-state index in [0.717, 1.165) is 12.8 Å². The molecule has 0 unspecified atom stereocenters. The number of benzene rings is 1. The fourth-order valence-corrected chi connectivity index (χ4v) is 4.98. The number of hydrogen-bond donors (Lipinski definition) is 1. The summed E-state index contributed by atoms with van der Waals surface area (Å²) in [5, 5.41) is 3.03. The van der Waals surface area contributed by atoms with Crippen LogP contribution in [0, 0.1) is 11.8 Å². The molecule has 26 heavy (non-hydrogen) atoms. The van der Waals surface area contributed by atoms with Crippen molar-refractivity contribution in [3.05, 3.63) is 23.8 Å². The van der Waals surface area contributed by atoms with Crippen molar-refractivity contribution in [3.8, 4) is 5.75 Å². The Labute approximate surface area is 157 Å². The lowest BCUT2D eigenvalue weighted by molar-refractivity contribution is 0.0907. The van der Waals surface area contributed by atoms with Gasteiger partial charge in [-0.25, -0.2) is 8.42 Å². The Morgan fingerprint density at radius 2 is 1.69 bits per heavy atom. The second kappa shape index (κ2) is 8.39. The molecule has 0 bridgehead atoms. The molecule has 6 nitrogen and oxygen atoms in total. The first-order valence-electron chi connectivity index (χ1n) is 9.17. The van der Waals surface area contributed by atoms with Crippen LogP contribution < -0.4 is 10.1 Å². The summed E-state index contributed by atoms with van der Waals surface area (Å²) >= 11 is 0. The van der Waals surface area contributed by atoms with Crippen molar-refractivity contribution in [1.29, 1.82) is 0 Å². The Bertz CT molecular complexity index is 730. The van der Waals surface area contributed by atoms with Crippen LogP contribution in [0.1, 0.15) is 50.9 Å². The number of carbonyl (C=O) groups is 1. The standard InChI is InChI=1S/C19H30N2O4S/c1-13(2)18(14(3)4)20-19(22)16-12-15(8-9-17(16)25-5)26(23,24)21-10-6-7-11-21/h8-9,12-14,18H,6-7,10-11H2,1-5H3,(H,20,22). The van der Waals surface area contributed by atoms with Crippen LogP contribution in [0.25, 0.3) is 0 Å². The molecule has 1 aliphatic rings. The van der Waals surface area contributed by atoms with Crippen molar-refractivity contribution in [1.82, 2.24) is 9.62 Å². The van der Waals surface area contributed by atoms with Crippen LogP contribution in [0.2, 0.25) is 0 Å². The third-order valence-electron chi connectivity index (χ3n) is 4.85. The van der Waals surface area contributed by atoms with Gasteiger partial charge in [0.1, 0.15) is 5.75 Å². The van der Waals surface area contributed by atoms with Crippen LogP contribution >= 0.6 is 0 Å². The van der Waals surface area contributed by atoms with Crippen molar-refractivity contribution < 1.29 is 17.9 Å². The van der Waals surface area contributed by atoms with Crippen molar-refractivity contribution in [3.63, 3.8) is 0 Å². The average Bonchev–Trinajstić information content (AvgIpc) is 3.13. The molecule has 1 heterocycles. The van der Waals surface area contributed by atoms with Crippen molar-refractivity contribution >= 4 is 15.9 Å².